The summed E-state index contributed by atoms with van der Waals surface area (Å²) in [4.78, 5) is 2.42. The van der Waals surface area contributed by atoms with Crippen LogP contribution in [0.4, 0.5) is 17.1 Å². The van der Waals surface area contributed by atoms with Crippen LogP contribution in [0.3, 0.4) is 0 Å². The predicted octanol–water partition coefficient (Wildman–Crippen LogP) is 17.3. The van der Waals surface area contributed by atoms with Crippen molar-refractivity contribution in [2.24, 2.45) is 0 Å². The van der Waals surface area contributed by atoms with Gasteiger partial charge in [0.15, 0.2) is 0 Å². The number of hydrogen-bond acceptors (Lipinski definition) is 2. The molecule has 0 aliphatic rings. The van der Waals surface area contributed by atoms with E-state index in [0.717, 1.165) is 17.1 Å². The van der Waals surface area contributed by atoms with Gasteiger partial charge in [0, 0.05) is 53.4 Å². The number of nitrogens with zero attached hydrogens (tertiary/aromatic N) is 2. The van der Waals surface area contributed by atoms with E-state index in [2.05, 4.69) is 252 Å². The molecule has 0 fully saturated rings. The second kappa shape index (κ2) is 15.5. The molecule has 3 heteroatoms. The standard InChI is InChI=1S/C60H40N2S/c1-2-14-41(15-3-1)42-26-30-45(31-27-42)49-16-4-9-21-55(49)61(48-38-39-54-53-20-8-13-25-59(53)63-60(54)40-48)47-36-34-44(35-37-47)43-28-32-46(33-29-43)50-17-5-10-22-56(50)62-57-23-11-6-18-51(57)52-19-7-12-24-58(52)62/h1-40H. The lowest BCUT2D eigenvalue weighted by atomic mass is 9.97. The zero-order chi connectivity index (χ0) is 41.7. The van der Waals surface area contributed by atoms with Crippen molar-refractivity contribution in [2.45, 2.75) is 0 Å². The van der Waals surface area contributed by atoms with Crippen LogP contribution in [0.25, 0.3) is 92.2 Å². The molecule has 0 spiro atoms. The second-order valence-corrected chi connectivity index (χ2v) is 17.2. The Morgan fingerprint density at radius 3 is 1.44 bits per heavy atom. The van der Waals surface area contributed by atoms with Gasteiger partial charge in [-0.2, -0.15) is 0 Å². The molecular weight excluding hydrogens is 781 g/mol. The van der Waals surface area contributed by atoms with Crippen LogP contribution in [0.5, 0.6) is 0 Å². The van der Waals surface area contributed by atoms with Crippen molar-refractivity contribution in [3.63, 3.8) is 0 Å². The number of rotatable bonds is 8. The normalized spacial score (nSPS) is 11.5. The summed E-state index contributed by atoms with van der Waals surface area (Å²) >= 11 is 1.86. The van der Waals surface area contributed by atoms with E-state index in [1.807, 2.05) is 11.3 Å². The third-order valence-corrected chi connectivity index (χ3v) is 13.6. The average molecular weight is 821 g/mol. The SMILES string of the molecule is c1ccc(-c2ccc(-c3ccccc3N(c3ccc(-c4ccc(-c5ccccc5-n5c6ccccc6c6ccccc65)cc4)cc3)c3ccc4c(c3)sc3ccccc34)cc2)cc1. The lowest BCUT2D eigenvalue weighted by Gasteiger charge is -2.28. The molecular formula is C60H40N2S. The van der Waals surface area contributed by atoms with Gasteiger partial charge in [-0.3, -0.25) is 0 Å². The van der Waals surface area contributed by atoms with Crippen molar-refractivity contribution >= 4 is 70.4 Å². The summed E-state index contributed by atoms with van der Waals surface area (Å²) in [5.41, 5.74) is 16.5. The fraction of sp³-hybridized carbons (Fsp3) is 0. The first-order valence-electron chi connectivity index (χ1n) is 21.5. The molecule has 0 N–H and O–H groups in total. The van der Waals surface area contributed by atoms with E-state index in [0.29, 0.717) is 0 Å². The van der Waals surface area contributed by atoms with Gasteiger partial charge in [0.25, 0.3) is 0 Å². The van der Waals surface area contributed by atoms with Gasteiger partial charge in [-0.05, 0) is 88.0 Å². The van der Waals surface area contributed by atoms with Crippen LogP contribution in [0, 0.1) is 0 Å². The van der Waals surface area contributed by atoms with Crippen LogP contribution < -0.4 is 4.90 Å². The van der Waals surface area contributed by atoms with E-state index in [9.17, 15) is 0 Å². The third kappa shape index (κ3) is 6.50. The summed E-state index contributed by atoms with van der Waals surface area (Å²) in [6, 6.07) is 88.3. The van der Waals surface area contributed by atoms with Gasteiger partial charge in [-0.15, -0.1) is 11.3 Å². The van der Waals surface area contributed by atoms with E-state index in [1.54, 1.807) is 0 Å². The van der Waals surface area contributed by atoms with Crippen molar-refractivity contribution < 1.29 is 0 Å². The highest BCUT2D eigenvalue weighted by Crippen LogP contribution is 2.45. The molecule has 12 rings (SSSR count). The smallest absolute Gasteiger partial charge is 0.0541 e. The molecule has 63 heavy (non-hydrogen) atoms. The predicted molar refractivity (Wildman–Crippen MR) is 270 cm³/mol. The first kappa shape index (κ1) is 36.8. The average Bonchev–Trinajstić information content (AvgIpc) is 3.90. The maximum atomic E-state index is 2.42. The second-order valence-electron chi connectivity index (χ2n) is 16.1. The first-order chi connectivity index (χ1) is 31.2. The number of aromatic nitrogens is 1. The first-order valence-corrected chi connectivity index (χ1v) is 22.3. The van der Waals surface area contributed by atoms with E-state index < -0.39 is 0 Å². The molecule has 0 saturated carbocycles. The molecule has 0 atom stereocenters. The van der Waals surface area contributed by atoms with E-state index in [-0.39, 0.29) is 0 Å². The maximum absolute atomic E-state index is 2.42. The van der Waals surface area contributed by atoms with Crippen molar-refractivity contribution in [3.8, 4) is 50.2 Å². The largest absolute Gasteiger partial charge is 0.310 e. The molecule has 2 aromatic heterocycles. The minimum Gasteiger partial charge on any atom is -0.310 e. The number of anilines is 3. The summed E-state index contributed by atoms with van der Waals surface area (Å²) in [7, 11) is 0. The zero-order valence-corrected chi connectivity index (χ0v) is 35.2. The minimum absolute atomic E-state index is 1.10. The van der Waals surface area contributed by atoms with Crippen molar-refractivity contribution in [3.05, 3.63) is 243 Å². The van der Waals surface area contributed by atoms with Crippen LogP contribution in [0.15, 0.2) is 243 Å². The number of hydrogen-bond donors (Lipinski definition) is 0. The molecule has 12 aromatic rings. The van der Waals surface area contributed by atoms with Crippen LogP contribution >= 0.6 is 11.3 Å². The van der Waals surface area contributed by atoms with E-state index >= 15 is 0 Å². The van der Waals surface area contributed by atoms with Crippen LogP contribution in [0.2, 0.25) is 0 Å². The highest BCUT2D eigenvalue weighted by atomic mass is 32.1. The number of benzene rings is 10. The maximum Gasteiger partial charge on any atom is 0.0541 e. The fourth-order valence-corrected chi connectivity index (χ4v) is 10.5. The summed E-state index contributed by atoms with van der Waals surface area (Å²) < 4.78 is 5.00. The molecule has 0 saturated heterocycles. The Kier molecular flexibility index (Phi) is 9.06. The van der Waals surface area contributed by atoms with Gasteiger partial charge in [0.05, 0.1) is 22.4 Å². The monoisotopic (exact) mass is 820 g/mol. The summed E-state index contributed by atoms with van der Waals surface area (Å²) in [5.74, 6) is 0. The zero-order valence-electron chi connectivity index (χ0n) is 34.4. The Morgan fingerprint density at radius 2 is 0.762 bits per heavy atom. The molecule has 0 aliphatic heterocycles. The molecule has 2 heterocycles. The van der Waals surface area contributed by atoms with Gasteiger partial charge in [-0.25, -0.2) is 0 Å². The molecule has 0 aliphatic carbocycles. The number of thiophene rings is 1. The Labute approximate surface area is 370 Å². The molecule has 0 amide bonds. The number of fused-ring (bicyclic) bond motifs is 6. The highest BCUT2D eigenvalue weighted by Gasteiger charge is 2.20. The minimum atomic E-state index is 1.10. The van der Waals surface area contributed by atoms with Gasteiger partial charge in [0.2, 0.25) is 0 Å². The van der Waals surface area contributed by atoms with E-state index in [4.69, 9.17) is 0 Å². The lowest BCUT2D eigenvalue weighted by Crippen LogP contribution is -2.11. The van der Waals surface area contributed by atoms with Gasteiger partial charge in [-0.1, -0.05) is 188 Å². The summed E-state index contributed by atoms with van der Waals surface area (Å²) in [6.45, 7) is 0. The summed E-state index contributed by atoms with van der Waals surface area (Å²) in [6.07, 6.45) is 0. The van der Waals surface area contributed by atoms with Crippen LogP contribution in [0.1, 0.15) is 0 Å². The quantitative estimate of drug-likeness (QED) is 0.148. The molecule has 0 unspecified atom stereocenters. The fourth-order valence-electron chi connectivity index (χ4n) is 9.41. The van der Waals surface area contributed by atoms with Gasteiger partial charge < -0.3 is 9.47 Å². The Hall–Kier alpha value is -7.98. The lowest BCUT2D eigenvalue weighted by molar-refractivity contribution is 1.18. The molecule has 296 valence electrons. The molecule has 0 radical (unpaired) electrons. The van der Waals surface area contributed by atoms with Crippen LogP contribution in [-0.2, 0) is 0 Å². The van der Waals surface area contributed by atoms with E-state index in [1.165, 1.54) is 92.2 Å². The highest BCUT2D eigenvalue weighted by molar-refractivity contribution is 7.25. The van der Waals surface area contributed by atoms with Gasteiger partial charge >= 0.3 is 0 Å². The Bertz CT molecular complexity index is 3550. The van der Waals surface area contributed by atoms with Crippen molar-refractivity contribution in [1.82, 2.24) is 4.57 Å². The third-order valence-electron chi connectivity index (χ3n) is 12.4. The van der Waals surface area contributed by atoms with Crippen molar-refractivity contribution in [1.29, 1.82) is 0 Å². The molecule has 0 bridgehead atoms. The molecule has 10 aromatic carbocycles. The van der Waals surface area contributed by atoms with Crippen molar-refractivity contribution in [2.75, 3.05) is 4.90 Å². The number of para-hydroxylation sites is 4. The Morgan fingerprint density at radius 1 is 0.302 bits per heavy atom. The summed E-state index contributed by atoms with van der Waals surface area (Å²) in [5, 5.41) is 5.13. The topological polar surface area (TPSA) is 8.17 Å². The van der Waals surface area contributed by atoms with Gasteiger partial charge in [0.1, 0.15) is 0 Å². The van der Waals surface area contributed by atoms with Crippen LogP contribution in [-0.4, -0.2) is 4.57 Å². The Balaban J connectivity index is 0.920. The molecule has 2 nitrogen and oxygen atoms in total.